The van der Waals surface area contributed by atoms with Crippen LogP contribution in [0.1, 0.15) is 16.8 Å². The number of rotatable bonds is 7. The molecule has 0 aliphatic carbocycles. The highest BCUT2D eigenvalue weighted by Gasteiger charge is 2.13. The summed E-state index contributed by atoms with van der Waals surface area (Å²) >= 11 is 6.00. The fourth-order valence-electron chi connectivity index (χ4n) is 3.04. The first-order chi connectivity index (χ1) is 14.5. The number of hydrogen-bond donors (Lipinski definition) is 2. The van der Waals surface area contributed by atoms with Crippen LogP contribution in [0.25, 0.3) is 11.0 Å². The van der Waals surface area contributed by atoms with Crippen molar-refractivity contribution in [3.05, 3.63) is 70.6 Å². The molecular weight excluding hydrogens is 409 g/mol. The number of methoxy groups -OCH3 is 1. The molecule has 0 aliphatic heterocycles. The Morgan fingerprint density at radius 2 is 2.07 bits per heavy atom. The highest BCUT2D eigenvalue weighted by Crippen LogP contribution is 2.24. The maximum atomic E-state index is 14.9. The molecule has 9 heteroatoms. The molecule has 4 rings (SSSR count). The topological polar surface area (TPSA) is 84.9 Å². The van der Waals surface area contributed by atoms with Crippen LogP contribution < -0.4 is 14.8 Å². The summed E-state index contributed by atoms with van der Waals surface area (Å²) in [4.78, 5) is 15.6. The third-order valence-corrected chi connectivity index (χ3v) is 4.81. The average molecular weight is 428 g/mol. The van der Waals surface area contributed by atoms with E-state index in [1.54, 1.807) is 18.3 Å². The number of halogens is 2. The van der Waals surface area contributed by atoms with E-state index in [4.69, 9.17) is 21.1 Å². The number of ether oxygens (including phenoxy) is 2. The summed E-state index contributed by atoms with van der Waals surface area (Å²) in [6.07, 6.45) is 6.49. The first-order valence-corrected chi connectivity index (χ1v) is 9.55. The molecule has 4 heterocycles. The van der Waals surface area contributed by atoms with Gasteiger partial charge in [0.1, 0.15) is 23.7 Å². The molecule has 30 heavy (non-hydrogen) atoms. The summed E-state index contributed by atoms with van der Waals surface area (Å²) < 4.78 is 25.8. The first-order valence-electron chi connectivity index (χ1n) is 9.17. The van der Waals surface area contributed by atoms with Gasteiger partial charge in [-0.15, -0.1) is 0 Å². The monoisotopic (exact) mass is 427 g/mol. The molecule has 0 saturated heterocycles. The minimum absolute atomic E-state index is 0.0277. The molecule has 0 atom stereocenters. The minimum Gasteiger partial charge on any atom is -0.486 e. The molecular formula is C21H19ClFN5O2. The third kappa shape index (κ3) is 4.13. The Morgan fingerprint density at radius 1 is 1.20 bits per heavy atom. The lowest BCUT2D eigenvalue weighted by Gasteiger charge is -2.12. The van der Waals surface area contributed by atoms with E-state index in [1.807, 2.05) is 19.2 Å². The highest BCUT2D eigenvalue weighted by atomic mass is 35.5. The number of aryl methyl sites for hydroxylation is 1. The second-order valence-corrected chi connectivity index (χ2v) is 7.06. The summed E-state index contributed by atoms with van der Waals surface area (Å²) in [5, 5.41) is 4.46. The van der Waals surface area contributed by atoms with Gasteiger partial charge in [-0.25, -0.2) is 14.4 Å². The van der Waals surface area contributed by atoms with E-state index in [2.05, 4.69) is 25.3 Å². The zero-order valence-corrected chi connectivity index (χ0v) is 17.1. The van der Waals surface area contributed by atoms with Crippen LogP contribution in [-0.4, -0.2) is 27.0 Å². The lowest BCUT2D eigenvalue weighted by molar-refractivity contribution is 0.293. The maximum Gasteiger partial charge on any atom is 0.218 e. The van der Waals surface area contributed by atoms with Crippen LogP contribution in [0.2, 0.25) is 5.02 Å². The number of nitrogens with zero attached hydrogens (tertiary/aromatic N) is 3. The van der Waals surface area contributed by atoms with Crippen molar-refractivity contribution < 1.29 is 13.9 Å². The van der Waals surface area contributed by atoms with Gasteiger partial charge in [0.15, 0.2) is 5.82 Å². The van der Waals surface area contributed by atoms with Gasteiger partial charge in [0.05, 0.1) is 24.0 Å². The summed E-state index contributed by atoms with van der Waals surface area (Å²) in [6, 6.07) is 5.14. The van der Waals surface area contributed by atoms with Gasteiger partial charge in [0.2, 0.25) is 5.88 Å². The average Bonchev–Trinajstić information content (AvgIpc) is 3.12. The molecule has 0 aromatic carbocycles. The number of fused-ring (bicyclic) bond motifs is 1. The van der Waals surface area contributed by atoms with Gasteiger partial charge < -0.3 is 19.8 Å². The Labute approximate surface area is 177 Å². The molecule has 0 spiro atoms. The highest BCUT2D eigenvalue weighted by molar-refractivity contribution is 6.30. The second-order valence-electron chi connectivity index (χ2n) is 6.62. The number of H-pyrrole nitrogens is 1. The zero-order chi connectivity index (χ0) is 21.1. The lowest BCUT2D eigenvalue weighted by atomic mass is 10.2. The molecule has 4 aromatic heterocycles. The van der Waals surface area contributed by atoms with Gasteiger partial charge in [0.25, 0.3) is 0 Å². The van der Waals surface area contributed by atoms with Gasteiger partial charge >= 0.3 is 0 Å². The SMILES string of the molecule is COc1ncc(Cl)cc1CNc1ccnc(COc2cnc3[nH]cc(C)c3c2)c1F. The molecule has 0 aliphatic rings. The van der Waals surface area contributed by atoms with E-state index < -0.39 is 5.82 Å². The minimum atomic E-state index is -0.488. The summed E-state index contributed by atoms with van der Waals surface area (Å²) in [5.41, 5.74) is 3.02. The molecule has 0 bridgehead atoms. The Bertz CT molecular complexity index is 1200. The Kier molecular flexibility index (Phi) is 5.67. The Hall–Kier alpha value is -3.39. The molecule has 4 aromatic rings. The van der Waals surface area contributed by atoms with Crippen molar-refractivity contribution in [3.63, 3.8) is 0 Å². The van der Waals surface area contributed by atoms with Crippen LogP contribution in [0.4, 0.5) is 10.1 Å². The fraction of sp³-hybridized carbons (Fsp3) is 0.190. The van der Waals surface area contributed by atoms with Gasteiger partial charge in [-0.3, -0.25) is 4.98 Å². The van der Waals surface area contributed by atoms with Gasteiger partial charge in [-0.05, 0) is 30.7 Å². The quantitative estimate of drug-likeness (QED) is 0.446. The molecule has 7 nitrogen and oxygen atoms in total. The first kappa shape index (κ1) is 19.9. The van der Waals surface area contributed by atoms with Crippen molar-refractivity contribution in [2.45, 2.75) is 20.1 Å². The van der Waals surface area contributed by atoms with Crippen molar-refractivity contribution in [2.75, 3.05) is 12.4 Å². The van der Waals surface area contributed by atoms with Crippen molar-refractivity contribution in [3.8, 4) is 11.6 Å². The van der Waals surface area contributed by atoms with Crippen molar-refractivity contribution in [1.29, 1.82) is 0 Å². The number of nitrogens with one attached hydrogen (secondary N) is 2. The molecule has 154 valence electrons. The molecule has 0 amide bonds. The molecule has 0 radical (unpaired) electrons. The third-order valence-electron chi connectivity index (χ3n) is 4.60. The van der Waals surface area contributed by atoms with E-state index in [1.165, 1.54) is 19.5 Å². The van der Waals surface area contributed by atoms with Crippen LogP contribution in [-0.2, 0) is 13.2 Å². The van der Waals surface area contributed by atoms with Gasteiger partial charge in [-0.1, -0.05) is 11.6 Å². The Morgan fingerprint density at radius 3 is 2.90 bits per heavy atom. The standard InChI is InChI=1S/C21H19ClFN5O2/c1-12-7-26-20-16(12)6-15(10-27-20)30-11-18-19(23)17(3-4-24-18)25-8-13-5-14(22)9-28-21(13)29-2/h3-7,9-10H,8,11H2,1-2H3,(H,24,25)(H,26,27). The summed E-state index contributed by atoms with van der Waals surface area (Å²) in [7, 11) is 1.52. The number of pyridine rings is 3. The molecule has 0 saturated carbocycles. The van der Waals surface area contributed by atoms with E-state index in [9.17, 15) is 4.39 Å². The number of aromatic amines is 1. The van der Waals surface area contributed by atoms with E-state index in [0.29, 0.717) is 27.9 Å². The lowest BCUT2D eigenvalue weighted by Crippen LogP contribution is -2.08. The number of hydrogen-bond acceptors (Lipinski definition) is 6. The van der Waals surface area contributed by atoms with E-state index in [0.717, 1.165) is 16.6 Å². The largest absolute Gasteiger partial charge is 0.486 e. The number of aromatic nitrogens is 4. The van der Waals surface area contributed by atoms with Gasteiger partial charge in [-0.2, -0.15) is 0 Å². The summed E-state index contributed by atoms with van der Waals surface area (Å²) in [6.45, 7) is 2.23. The van der Waals surface area contributed by atoms with Crippen molar-refractivity contribution >= 4 is 28.3 Å². The molecule has 0 fully saturated rings. The number of anilines is 1. The van der Waals surface area contributed by atoms with Gasteiger partial charge in [0, 0.05) is 36.1 Å². The van der Waals surface area contributed by atoms with E-state index in [-0.39, 0.29) is 18.8 Å². The predicted molar refractivity (Wildman–Crippen MR) is 112 cm³/mol. The van der Waals surface area contributed by atoms with Crippen molar-refractivity contribution in [2.24, 2.45) is 0 Å². The smallest absolute Gasteiger partial charge is 0.218 e. The summed E-state index contributed by atoms with van der Waals surface area (Å²) in [5.74, 6) is 0.477. The molecule has 2 N–H and O–H groups in total. The zero-order valence-electron chi connectivity index (χ0n) is 16.4. The van der Waals surface area contributed by atoms with E-state index >= 15 is 0 Å². The van der Waals surface area contributed by atoms with Crippen LogP contribution in [0.3, 0.4) is 0 Å². The predicted octanol–water partition coefficient (Wildman–Crippen LogP) is 4.65. The van der Waals surface area contributed by atoms with Crippen LogP contribution in [0, 0.1) is 12.7 Å². The van der Waals surface area contributed by atoms with Crippen LogP contribution in [0.5, 0.6) is 11.6 Å². The van der Waals surface area contributed by atoms with Crippen molar-refractivity contribution in [1.82, 2.24) is 19.9 Å². The fourth-order valence-corrected chi connectivity index (χ4v) is 3.22. The maximum absolute atomic E-state index is 14.9. The second kappa shape index (κ2) is 8.54. The molecule has 0 unspecified atom stereocenters. The van der Waals surface area contributed by atoms with Crippen LogP contribution in [0.15, 0.2) is 43.0 Å². The normalized spacial score (nSPS) is 10.9. The Balaban J connectivity index is 1.47. The van der Waals surface area contributed by atoms with Crippen LogP contribution >= 0.6 is 11.6 Å².